The summed E-state index contributed by atoms with van der Waals surface area (Å²) >= 11 is 0. The highest BCUT2D eigenvalue weighted by atomic mass is 16.6. The second-order valence-corrected chi connectivity index (χ2v) is 1.64. The van der Waals surface area contributed by atoms with Crippen molar-refractivity contribution in [3.63, 3.8) is 0 Å². The van der Waals surface area contributed by atoms with Gasteiger partial charge in [0.05, 0.1) is 19.3 Å². The molecule has 1 heterocycles. The highest BCUT2D eigenvalue weighted by molar-refractivity contribution is 6.18. The molecular weight excluding hydrogens is 107 g/mol. The molecule has 0 aliphatic carbocycles. The van der Waals surface area contributed by atoms with Crippen LogP contribution in [0.1, 0.15) is 0 Å². The average Bonchev–Trinajstić information content (AvgIpc) is 2.19. The Kier molecular flexibility index (Phi) is 2.33. The van der Waals surface area contributed by atoms with E-state index in [1.165, 1.54) is 7.69 Å². The largest absolute Gasteiger partial charge is 0.488 e. The van der Waals surface area contributed by atoms with E-state index in [4.69, 9.17) is 14.0 Å². The van der Waals surface area contributed by atoms with Gasteiger partial charge in [0.1, 0.15) is 0 Å². The van der Waals surface area contributed by atoms with Crippen molar-refractivity contribution in [1.29, 1.82) is 0 Å². The molecule has 1 rings (SSSR count). The van der Waals surface area contributed by atoms with E-state index in [-0.39, 0.29) is 6.10 Å². The van der Waals surface area contributed by atoms with Gasteiger partial charge in [-0.1, -0.05) is 0 Å². The fourth-order valence-corrected chi connectivity index (χ4v) is 0.577. The van der Waals surface area contributed by atoms with Crippen molar-refractivity contribution in [2.45, 2.75) is 6.10 Å². The standard InChI is InChI=1S/C4H8BO3/c1-6-2-4-3-7-5-8-4/h4H,2-3H2,1H3/t4-/m0/s1. The number of hydrogen-bond acceptors (Lipinski definition) is 3. The van der Waals surface area contributed by atoms with E-state index in [0.717, 1.165) is 0 Å². The van der Waals surface area contributed by atoms with Gasteiger partial charge in [-0.05, 0) is 0 Å². The van der Waals surface area contributed by atoms with Crippen LogP contribution in [0.5, 0.6) is 0 Å². The van der Waals surface area contributed by atoms with Crippen LogP contribution < -0.4 is 0 Å². The second kappa shape index (κ2) is 3.07. The topological polar surface area (TPSA) is 27.7 Å². The molecule has 8 heavy (non-hydrogen) atoms. The number of rotatable bonds is 2. The zero-order valence-corrected chi connectivity index (χ0v) is 4.79. The third-order valence-electron chi connectivity index (χ3n) is 0.951. The fraction of sp³-hybridized carbons (Fsp3) is 1.00. The summed E-state index contributed by atoms with van der Waals surface area (Å²) in [6.07, 6.45) is 0.111. The minimum atomic E-state index is 0.111. The average molecular weight is 115 g/mol. The monoisotopic (exact) mass is 115 g/mol. The van der Waals surface area contributed by atoms with Gasteiger partial charge in [-0.15, -0.1) is 0 Å². The molecule has 3 nitrogen and oxygen atoms in total. The number of hydrogen-bond donors (Lipinski definition) is 0. The second-order valence-electron chi connectivity index (χ2n) is 1.64. The van der Waals surface area contributed by atoms with Gasteiger partial charge in [-0.3, -0.25) is 0 Å². The molecule has 0 N–H and O–H groups in total. The molecule has 1 aliphatic rings. The van der Waals surface area contributed by atoms with Gasteiger partial charge in [0, 0.05) is 7.11 Å². The molecule has 1 saturated heterocycles. The van der Waals surface area contributed by atoms with E-state index in [2.05, 4.69) is 0 Å². The predicted octanol–water partition coefficient (Wildman–Crippen LogP) is -0.418. The van der Waals surface area contributed by atoms with Gasteiger partial charge in [0.15, 0.2) is 0 Å². The number of ether oxygens (including phenoxy) is 1. The van der Waals surface area contributed by atoms with E-state index in [0.29, 0.717) is 13.2 Å². The Morgan fingerprint density at radius 1 is 1.88 bits per heavy atom. The Hall–Kier alpha value is -0.0551. The van der Waals surface area contributed by atoms with Crippen LogP contribution in [0.3, 0.4) is 0 Å². The van der Waals surface area contributed by atoms with Crippen molar-refractivity contribution >= 4 is 7.69 Å². The molecule has 1 radical (unpaired) electrons. The van der Waals surface area contributed by atoms with Crippen molar-refractivity contribution in [2.24, 2.45) is 0 Å². The van der Waals surface area contributed by atoms with Crippen LogP contribution in [0, 0.1) is 0 Å². The van der Waals surface area contributed by atoms with Crippen LogP contribution in [0.4, 0.5) is 0 Å². The molecule has 0 aromatic rings. The Labute approximate surface area is 49.2 Å². The highest BCUT2D eigenvalue weighted by Gasteiger charge is 2.16. The van der Waals surface area contributed by atoms with E-state index in [1.54, 1.807) is 7.11 Å². The van der Waals surface area contributed by atoms with Gasteiger partial charge in [-0.2, -0.15) is 0 Å². The zero-order valence-electron chi connectivity index (χ0n) is 4.79. The normalized spacial score (nSPS) is 27.9. The minimum absolute atomic E-state index is 0.111. The molecule has 0 unspecified atom stereocenters. The lowest BCUT2D eigenvalue weighted by Gasteiger charge is -2.04. The Balaban J connectivity index is 2.06. The van der Waals surface area contributed by atoms with Crippen LogP contribution >= 0.6 is 0 Å². The third kappa shape index (κ3) is 1.47. The molecule has 4 heteroatoms. The van der Waals surface area contributed by atoms with Gasteiger partial charge in [-0.25, -0.2) is 0 Å². The zero-order chi connectivity index (χ0) is 5.82. The Morgan fingerprint density at radius 2 is 2.75 bits per heavy atom. The Morgan fingerprint density at radius 3 is 3.25 bits per heavy atom. The van der Waals surface area contributed by atoms with E-state index in [1.807, 2.05) is 0 Å². The van der Waals surface area contributed by atoms with Crippen LogP contribution in [0.25, 0.3) is 0 Å². The summed E-state index contributed by atoms with van der Waals surface area (Å²) in [6, 6.07) is 0. The summed E-state index contributed by atoms with van der Waals surface area (Å²) in [7, 11) is 2.99. The van der Waals surface area contributed by atoms with Crippen molar-refractivity contribution in [1.82, 2.24) is 0 Å². The van der Waals surface area contributed by atoms with Crippen LogP contribution in [0.15, 0.2) is 0 Å². The minimum Gasteiger partial charge on any atom is -0.410 e. The summed E-state index contributed by atoms with van der Waals surface area (Å²) in [6.45, 7) is 1.23. The Bertz CT molecular complexity index is 62.3. The van der Waals surface area contributed by atoms with Crippen molar-refractivity contribution in [3.8, 4) is 0 Å². The maximum absolute atomic E-state index is 4.92. The van der Waals surface area contributed by atoms with Gasteiger partial charge >= 0.3 is 7.69 Å². The lowest BCUT2D eigenvalue weighted by atomic mass is 10.4. The summed E-state index contributed by atoms with van der Waals surface area (Å²) in [5.74, 6) is 0. The molecule has 0 bridgehead atoms. The van der Waals surface area contributed by atoms with Gasteiger partial charge in [0.25, 0.3) is 0 Å². The molecule has 0 spiro atoms. The molecule has 0 saturated carbocycles. The van der Waals surface area contributed by atoms with Crippen molar-refractivity contribution in [3.05, 3.63) is 0 Å². The van der Waals surface area contributed by atoms with Gasteiger partial charge in [0.2, 0.25) is 0 Å². The first-order chi connectivity index (χ1) is 3.93. The fourth-order valence-electron chi connectivity index (χ4n) is 0.577. The quantitative estimate of drug-likeness (QED) is 0.457. The molecule has 1 aliphatic heterocycles. The van der Waals surface area contributed by atoms with Crippen LogP contribution in [-0.2, 0) is 14.0 Å². The van der Waals surface area contributed by atoms with E-state index >= 15 is 0 Å². The SMILES string of the molecule is COC[C@H]1CO[B]O1. The molecule has 45 valence electrons. The summed E-state index contributed by atoms with van der Waals surface area (Å²) in [4.78, 5) is 0. The van der Waals surface area contributed by atoms with Crippen molar-refractivity contribution < 1.29 is 14.0 Å². The molecule has 1 fully saturated rings. The lowest BCUT2D eigenvalue weighted by Crippen LogP contribution is -2.16. The summed E-state index contributed by atoms with van der Waals surface area (Å²) in [5.41, 5.74) is 0. The molecule has 1 atom stereocenters. The van der Waals surface area contributed by atoms with Crippen LogP contribution in [-0.4, -0.2) is 34.1 Å². The first-order valence-corrected chi connectivity index (χ1v) is 2.51. The third-order valence-corrected chi connectivity index (χ3v) is 0.951. The summed E-state index contributed by atoms with van der Waals surface area (Å²) < 4.78 is 14.5. The maximum Gasteiger partial charge on any atom is 0.488 e. The highest BCUT2D eigenvalue weighted by Crippen LogP contribution is 1.99. The first-order valence-electron chi connectivity index (χ1n) is 2.51. The smallest absolute Gasteiger partial charge is 0.410 e. The molecule has 0 aromatic heterocycles. The van der Waals surface area contributed by atoms with Crippen LogP contribution in [0.2, 0.25) is 0 Å². The maximum atomic E-state index is 4.92. The number of methoxy groups -OCH3 is 1. The van der Waals surface area contributed by atoms with E-state index < -0.39 is 0 Å². The molecule has 0 amide bonds. The lowest BCUT2D eigenvalue weighted by molar-refractivity contribution is 0.0949. The van der Waals surface area contributed by atoms with E-state index in [9.17, 15) is 0 Å². The molecule has 0 aromatic carbocycles. The molecular formula is C4H8BO3. The van der Waals surface area contributed by atoms with Crippen molar-refractivity contribution in [2.75, 3.05) is 20.3 Å². The summed E-state index contributed by atoms with van der Waals surface area (Å²) in [5, 5.41) is 0. The van der Waals surface area contributed by atoms with Gasteiger partial charge < -0.3 is 14.0 Å². The first kappa shape index (κ1) is 6.07. The predicted molar refractivity (Wildman–Crippen MR) is 28.5 cm³/mol.